The normalized spacial score (nSPS) is 11.8. The number of thioether (sulfide) groups is 1. The van der Waals surface area contributed by atoms with E-state index in [0.717, 1.165) is 10.5 Å². The molecule has 0 bridgehead atoms. The third-order valence-electron chi connectivity index (χ3n) is 5.75. The van der Waals surface area contributed by atoms with Crippen LogP contribution in [0.25, 0.3) is 6.08 Å². The van der Waals surface area contributed by atoms with Crippen LogP contribution >= 0.6 is 23.1 Å². The summed E-state index contributed by atoms with van der Waals surface area (Å²) in [5.74, 6) is -0.302. The number of nitrogens with one attached hydrogen (secondary N) is 3. The van der Waals surface area contributed by atoms with Gasteiger partial charge in [-0.2, -0.15) is 11.3 Å². The number of carbonyl (C=O) groups excluding carboxylic acids is 3. The van der Waals surface area contributed by atoms with E-state index in [9.17, 15) is 14.4 Å². The van der Waals surface area contributed by atoms with Crippen LogP contribution in [0, 0.1) is 0 Å². The van der Waals surface area contributed by atoms with Gasteiger partial charge in [-0.15, -0.1) is 11.8 Å². The van der Waals surface area contributed by atoms with Crippen molar-refractivity contribution in [1.29, 1.82) is 0 Å². The lowest BCUT2D eigenvalue weighted by molar-refractivity contribution is -0.116. The molecule has 0 aliphatic carbocycles. The fraction of sp³-hybridized carbons (Fsp3) is 0.129. The number of benzene rings is 3. The number of amides is 3. The van der Waals surface area contributed by atoms with Gasteiger partial charge in [0.25, 0.3) is 11.8 Å². The quantitative estimate of drug-likeness (QED) is 0.138. The lowest BCUT2D eigenvalue weighted by atomic mass is 10.2. The van der Waals surface area contributed by atoms with Gasteiger partial charge in [0.05, 0.1) is 12.4 Å². The lowest BCUT2D eigenvalue weighted by Crippen LogP contribution is -2.30. The summed E-state index contributed by atoms with van der Waals surface area (Å²) in [7, 11) is 1.58. The second-order valence-corrected chi connectivity index (χ2v) is 10.7. The van der Waals surface area contributed by atoms with Crippen LogP contribution < -0.4 is 20.7 Å². The van der Waals surface area contributed by atoms with Crippen LogP contribution in [0.2, 0.25) is 0 Å². The number of hydrogen-bond acceptors (Lipinski definition) is 6. The zero-order valence-corrected chi connectivity index (χ0v) is 23.7. The van der Waals surface area contributed by atoms with Crippen LogP contribution in [0.1, 0.15) is 29.3 Å². The summed E-state index contributed by atoms with van der Waals surface area (Å²) in [5, 5.41) is 12.0. The van der Waals surface area contributed by atoms with Crippen LogP contribution in [0.4, 0.5) is 11.4 Å². The van der Waals surface area contributed by atoms with Crippen LogP contribution in [-0.4, -0.2) is 30.1 Å². The van der Waals surface area contributed by atoms with E-state index >= 15 is 0 Å². The van der Waals surface area contributed by atoms with Crippen molar-refractivity contribution in [3.8, 4) is 5.75 Å². The zero-order valence-electron chi connectivity index (χ0n) is 22.0. The van der Waals surface area contributed by atoms with Gasteiger partial charge >= 0.3 is 0 Å². The highest BCUT2D eigenvalue weighted by atomic mass is 32.2. The predicted octanol–water partition coefficient (Wildman–Crippen LogP) is 6.68. The van der Waals surface area contributed by atoms with Gasteiger partial charge in [0, 0.05) is 27.9 Å². The molecule has 4 rings (SSSR count). The number of thiophene rings is 1. The van der Waals surface area contributed by atoms with E-state index in [0.29, 0.717) is 29.1 Å². The Morgan fingerprint density at radius 3 is 2.38 bits per heavy atom. The Balaban J connectivity index is 1.46. The van der Waals surface area contributed by atoms with Gasteiger partial charge in [0.1, 0.15) is 11.4 Å². The zero-order chi connectivity index (χ0) is 28.3. The Kier molecular flexibility index (Phi) is 10.1. The second kappa shape index (κ2) is 14.2. The van der Waals surface area contributed by atoms with Crippen molar-refractivity contribution in [3.05, 3.63) is 113 Å². The van der Waals surface area contributed by atoms with Crippen molar-refractivity contribution in [2.75, 3.05) is 17.7 Å². The van der Waals surface area contributed by atoms with Crippen molar-refractivity contribution in [2.45, 2.75) is 23.5 Å². The highest BCUT2D eigenvalue weighted by Crippen LogP contribution is 2.29. The molecule has 0 aliphatic heterocycles. The number of carbonyl (C=O) groups is 3. The maximum Gasteiger partial charge on any atom is 0.272 e. The molecule has 0 saturated heterocycles. The first-order valence-electron chi connectivity index (χ1n) is 12.6. The average molecular weight is 572 g/mol. The van der Waals surface area contributed by atoms with E-state index in [1.54, 1.807) is 49.6 Å². The summed E-state index contributed by atoms with van der Waals surface area (Å²) in [4.78, 5) is 39.9. The van der Waals surface area contributed by atoms with E-state index in [-0.39, 0.29) is 22.8 Å². The fourth-order valence-electron chi connectivity index (χ4n) is 3.72. The number of methoxy groups -OCH3 is 1. The molecule has 3 N–H and O–H groups in total. The Hall–Kier alpha value is -4.34. The summed E-state index contributed by atoms with van der Waals surface area (Å²) in [6, 6.07) is 25.1. The number of ether oxygens (including phenoxy) is 1. The van der Waals surface area contributed by atoms with E-state index in [1.165, 1.54) is 23.1 Å². The molecule has 4 aromatic rings. The van der Waals surface area contributed by atoms with Gasteiger partial charge in [0.2, 0.25) is 5.91 Å². The minimum absolute atomic E-state index is 0.120. The van der Waals surface area contributed by atoms with Crippen LogP contribution in [-0.2, 0) is 9.59 Å². The summed E-state index contributed by atoms with van der Waals surface area (Å²) < 4.78 is 5.24. The van der Waals surface area contributed by atoms with Crippen LogP contribution in [0.3, 0.4) is 0 Å². The maximum absolute atomic E-state index is 13.3. The first-order valence-corrected chi connectivity index (χ1v) is 14.4. The van der Waals surface area contributed by atoms with Gasteiger partial charge in [-0.1, -0.05) is 37.3 Å². The van der Waals surface area contributed by atoms with Gasteiger partial charge in [-0.05, 0) is 77.4 Å². The monoisotopic (exact) mass is 571 g/mol. The maximum atomic E-state index is 13.3. The largest absolute Gasteiger partial charge is 0.497 e. The fourth-order valence-corrected chi connectivity index (χ4v) is 5.35. The molecule has 1 atom stereocenters. The molecule has 7 nitrogen and oxygen atoms in total. The summed E-state index contributed by atoms with van der Waals surface area (Å²) >= 11 is 2.91. The van der Waals surface area contributed by atoms with E-state index in [1.807, 2.05) is 66.2 Å². The third-order valence-corrected chi connectivity index (χ3v) is 7.81. The number of rotatable bonds is 11. The number of hydrogen-bond donors (Lipinski definition) is 3. The molecule has 3 amide bonds. The molecule has 0 fully saturated rings. The summed E-state index contributed by atoms with van der Waals surface area (Å²) in [6.07, 6.45) is 2.25. The molecule has 0 spiro atoms. The summed E-state index contributed by atoms with van der Waals surface area (Å²) in [6.45, 7) is 1.95. The van der Waals surface area contributed by atoms with Crippen molar-refractivity contribution >= 4 is 58.3 Å². The molecule has 0 saturated carbocycles. The van der Waals surface area contributed by atoms with E-state index in [2.05, 4.69) is 16.0 Å². The minimum Gasteiger partial charge on any atom is -0.497 e. The molecule has 9 heteroatoms. The highest BCUT2D eigenvalue weighted by molar-refractivity contribution is 8.00. The molecule has 0 aliphatic rings. The average Bonchev–Trinajstić information content (AvgIpc) is 3.49. The Bertz CT molecular complexity index is 1490. The third kappa shape index (κ3) is 8.08. The number of anilines is 2. The topological polar surface area (TPSA) is 96.5 Å². The Morgan fingerprint density at radius 1 is 0.925 bits per heavy atom. The van der Waals surface area contributed by atoms with E-state index < -0.39 is 5.91 Å². The van der Waals surface area contributed by atoms with Crippen molar-refractivity contribution in [1.82, 2.24) is 5.32 Å². The van der Waals surface area contributed by atoms with Crippen molar-refractivity contribution in [3.63, 3.8) is 0 Å². The van der Waals surface area contributed by atoms with Gasteiger partial charge < -0.3 is 20.7 Å². The standard InChI is InChI=1S/C31H29N3O4S2/c1-3-28(31(37)33-23-11-7-13-25(18-23)38-2)40-26-14-8-12-24(19-26)32-30(36)27(17-21-15-16-39-20-21)34-29(35)22-9-5-4-6-10-22/h4-20,28H,3H2,1-2H3,(H,32,36)(H,33,37)(H,34,35)/b27-17-. The molecule has 204 valence electrons. The molecular formula is C31H29N3O4S2. The lowest BCUT2D eigenvalue weighted by Gasteiger charge is -2.16. The molecule has 40 heavy (non-hydrogen) atoms. The Labute approximate surface area is 241 Å². The molecule has 0 radical (unpaired) electrons. The van der Waals surface area contributed by atoms with Gasteiger partial charge in [0.15, 0.2) is 0 Å². The van der Waals surface area contributed by atoms with E-state index in [4.69, 9.17) is 4.74 Å². The minimum atomic E-state index is -0.458. The summed E-state index contributed by atoms with van der Waals surface area (Å²) in [5.41, 5.74) is 2.58. The van der Waals surface area contributed by atoms with Crippen molar-refractivity contribution in [2.24, 2.45) is 0 Å². The molecule has 1 aromatic heterocycles. The predicted molar refractivity (Wildman–Crippen MR) is 163 cm³/mol. The first kappa shape index (κ1) is 28.7. The molecular weight excluding hydrogens is 542 g/mol. The molecule has 1 heterocycles. The SMILES string of the molecule is CCC(Sc1cccc(NC(=O)/C(=C/c2ccsc2)NC(=O)c2ccccc2)c1)C(=O)Nc1cccc(OC)c1. The van der Waals surface area contributed by atoms with Crippen LogP contribution in [0.5, 0.6) is 5.75 Å². The van der Waals surface area contributed by atoms with Crippen molar-refractivity contribution < 1.29 is 19.1 Å². The van der Waals surface area contributed by atoms with Gasteiger partial charge in [-0.25, -0.2) is 0 Å². The highest BCUT2D eigenvalue weighted by Gasteiger charge is 2.19. The van der Waals surface area contributed by atoms with Gasteiger partial charge in [-0.3, -0.25) is 14.4 Å². The molecule has 3 aromatic carbocycles. The Morgan fingerprint density at radius 2 is 1.68 bits per heavy atom. The second-order valence-electron chi connectivity index (χ2n) is 8.65. The van der Waals surface area contributed by atoms with Crippen LogP contribution in [0.15, 0.2) is 106 Å². The first-order chi connectivity index (χ1) is 19.4. The molecule has 1 unspecified atom stereocenters. The smallest absolute Gasteiger partial charge is 0.272 e.